The van der Waals surface area contributed by atoms with E-state index >= 15 is 0 Å². The Balaban J connectivity index is 3.41. The molecule has 0 aromatic rings. The van der Waals surface area contributed by atoms with Crippen LogP contribution in [0.3, 0.4) is 0 Å². The van der Waals surface area contributed by atoms with Crippen molar-refractivity contribution in [1.82, 2.24) is 5.32 Å². The summed E-state index contributed by atoms with van der Waals surface area (Å²) in [5.41, 5.74) is 0. The van der Waals surface area contributed by atoms with Crippen LogP contribution in [-0.2, 0) is 9.53 Å². The molecule has 114 valence electrons. The highest BCUT2D eigenvalue weighted by Gasteiger charge is 2.06. The fraction of sp³-hybridized carbons (Fsp3) is 0.933. The number of nitrogens with one attached hydrogen (secondary N) is 1. The van der Waals surface area contributed by atoms with Gasteiger partial charge >= 0.3 is 0 Å². The fourth-order valence-electron chi connectivity index (χ4n) is 1.99. The van der Waals surface area contributed by atoms with Crippen LogP contribution in [0.2, 0.25) is 0 Å². The van der Waals surface area contributed by atoms with Gasteiger partial charge in [-0.05, 0) is 19.3 Å². The number of hydrogen-bond acceptors (Lipinski definition) is 3. The second kappa shape index (κ2) is 13.8. The van der Waals surface area contributed by atoms with E-state index in [0.29, 0.717) is 19.3 Å². The normalized spacial score (nSPS) is 12.4. The number of hydrogen-bond donors (Lipinski definition) is 2. The van der Waals surface area contributed by atoms with E-state index in [1.807, 2.05) is 0 Å². The Bertz CT molecular complexity index is 210. The maximum atomic E-state index is 10.8. The second-order valence-electron chi connectivity index (χ2n) is 4.97. The number of aliphatic hydroxyl groups excluding tert-OH is 1. The van der Waals surface area contributed by atoms with Crippen molar-refractivity contribution in [2.24, 2.45) is 0 Å². The van der Waals surface area contributed by atoms with Gasteiger partial charge in [0, 0.05) is 13.2 Å². The van der Waals surface area contributed by atoms with Crippen molar-refractivity contribution in [2.75, 3.05) is 19.8 Å². The summed E-state index contributed by atoms with van der Waals surface area (Å²) < 4.78 is 5.80. The zero-order chi connectivity index (χ0) is 14.3. The van der Waals surface area contributed by atoms with Gasteiger partial charge in [-0.25, -0.2) is 0 Å². The monoisotopic (exact) mass is 273 g/mol. The molecule has 1 amide bonds. The maximum absolute atomic E-state index is 10.8. The highest BCUT2D eigenvalue weighted by atomic mass is 16.5. The summed E-state index contributed by atoms with van der Waals surface area (Å²) in [5.74, 6) is -0.317. The first-order valence-electron chi connectivity index (χ1n) is 7.73. The van der Waals surface area contributed by atoms with Crippen LogP contribution in [0, 0.1) is 0 Å². The summed E-state index contributed by atoms with van der Waals surface area (Å²) in [6, 6.07) is 0. The largest absolute Gasteiger partial charge is 0.387 e. The number of unbranched alkanes of at least 4 members (excludes halogenated alkanes) is 4. The van der Waals surface area contributed by atoms with E-state index in [4.69, 9.17) is 9.84 Å². The van der Waals surface area contributed by atoms with E-state index in [-0.39, 0.29) is 5.91 Å². The third-order valence-electron chi connectivity index (χ3n) is 3.23. The van der Waals surface area contributed by atoms with Crippen LogP contribution < -0.4 is 5.32 Å². The van der Waals surface area contributed by atoms with Gasteiger partial charge in [0.15, 0.2) is 0 Å². The van der Waals surface area contributed by atoms with E-state index in [0.717, 1.165) is 19.3 Å². The van der Waals surface area contributed by atoms with E-state index in [1.165, 1.54) is 32.1 Å². The molecule has 4 nitrogen and oxygen atoms in total. The van der Waals surface area contributed by atoms with Gasteiger partial charge in [-0.3, -0.25) is 4.79 Å². The number of rotatable bonds is 13. The van der Waals surface area contributed by atoms with Crippen molar-refractivity contribution in [2.45, 2.75) is 71.3 Å². The van der Waals surface area contributed by atoms with Crippen molar-refractivity contribution in [3.8, 4) is 0 Å². The zero-order valence-electron chi connectivity index (χ0n) is 12.6. The molecule has 0 saturated carbocycles. The number of aliphatic hydroxyl groups is 1. The Hall–Kier alpha value is -0.610. The summed E-state index contributed by atoms with van der Waals surface area (Å²) in [6.07, 6.45) is 9.86. The number of carbonyl (C=O) groups excluding carboxylic acids is 1. The molecule has 0 radical (unpaired) electrons. The molecule has 0 unspecified atom stereocenters. The smallest absolute Gasteiger partial charge is 0.245 e. The second-order valence-corrected chi connectivity index (χ2v) is 4.97. The molecule has 19 heavy (non-hydrogen) atoms. The van der Waals surface area contributed by atoms with Crippen LogP contribution in [0.4, 0.5) is 0 Å². The van der Waals surface area contributed by atoms with Crippen LogP contribution in [0.5, 0.6) is 0 Å². The Kier molecular flexibility index (Phi) is 13.4. The summed E-state index contributed by atoms with van der Waals surface area (Å²) in [5, 5.41) is 11.2. The molecule has 0 rings (SSSR count). The first-order chi connectivity index (χ1) is 9.24. The van der Waals surface area contributed by atoms with Gasteiger partial charge in [-0.1, -0.05) is 46.0 Å². The summed E-state index contributed by atoms with van der Waals surface area (Å²) in [6.45, 7) is 5.21. The van der Waals surface area contributed by atoms with Crippen molar-refractivity contribution >= 4 is 5.91 Å². The lowest BCUT2D eigenvalue weighted by Crippen LogP contribution is -2.28. The van der Waals surface area contributed by atoms with Crippen LogP contribution in [0.15, 0.2) is 0 Å². The van der Waals surface area contributed by atoms with Gasteiger partial charge in [0.2, 0.25) is 5.91 Å². The Morgan fingerprint density at radius 1 is 1.16 bits per heavy atom. The van der Waals surface area contributed by atoms with E-state index in [1.54, 1.807) is 0 Å². The van der Waals surface area contributed by atoms with Gasteiger partial charge in [-0.2, -0.15) is 0 Å². The number of carbonyl (C=O) groups is 1. The molecule has 0 aromatic carbocycles. The van der Waals surface area contributed by atoms with Gasteiger partial charge in [0.25, 0.3) is 0 Å². The molecular weight excluding hydrogens is 242 g/mol. The van der Waals surface area contributed by atoms with Crippen LogP contribution in [-0.4, -0.2) is 36.9 Å². The van der Waals surface area contributed by atoms with Gasteiger partial charge in [-0.15, -0.1) is 0 Å². The van der Waals surface area contributed by atoms with Crippen molar-refractivity contribution in [3.63, 3.8) is 0 Å². The Morgan fingerprint density at radius 3 is 2.53 bits per heavy atom. The molecule has 1 atom stereocenters. The highest BCUT2D eigenvalue weighted by molar-refractivity contribution is 5.76. The molecule has 0 bridgehead atoms. The third kappa shape index (κ3) is 12.2. The summed E-state index contributed by atoms with van der Waals surface area (Å²) in [7, 11) is 0. The van der Waals surface area contributed by atoms with E-state index in [9.17, 15) is 4.79 Å². The maximum Gasteiger partial charge on any atom is 0.245 e. The molecule has 0 aromatic heterocycles. The van der Waals surface area contributed by atoms with Crippen molar-refractivity contribution in [1.29, 1.82) is 0 Å². The molecule has 0 aliphatic carbocycles. The molecule has 2 N–H and O–H groups in total. The zero-order valence-corrected chi connectivity index (χ0v) is 12.6. The molecule has 0 aliphatic heterocycles. The lowest BCUT2D eigenvalue weighted by molar-refractivity contribution is -0.123. The van der Waals surface area contributed by atoms with Crippen LogP contribution in [0.25, 0.3) is 0 Å². The lowest BCUT2D eigenvalue weighted by Gasteiger charge is -2.16. The van der Waals surface area contributed by atoms with Crippen molar-refractivity contribution < 1.29 is 14.6 Å². The quantitative estimate of drug-likeness (QED) is 0.507. The molecule has 0 spiro atoms. The summed E-state index contributed by atoms with van der Waals surface area (Å²) in [4.78, 5) is 10.8. The van der Waals surface area contributed by atoms with Crippen LogP contribution in [0.1, 0.15) is 65.2 Å². The molecule has 0 fully saturated rings. The van der Waals surface area contributed by atoms with E-state index < -0.39 is 6.61 Å². The van der Waals surface area contributed by atoms with Crippen molar-refractivity contribution in [3.05, 3.63) is 0 Å². The topological polar surface area (TPSA) is 58.6 Å². The lowest BCUT2D eigenvalue weighted by atomic mass is 10.1. The number of amides is 1. The van der Waals surface area contributed by atoms with Gasteiger partial charge in [0.05, 0.1) is 6.10 Å². The predicted octanol–water partition coefficient (Wildman–Crippen LogP) is 2.64. The molecule has 0 saturated heterocycles. The minimum absolute atomic E-state index is 0.317. The Labute approximate surface area is 117 Å². The van der Waals surface area contributed by atoms with E-state index in [2.05, 4.69) is 19.2 Å². The highest BCUT2D eigenvalue weighted by Crippen LogP contribution is 2.12. The molecule has 4 heteroatoms. The van der Waals surface area contributed by atoms with Gasteiger partial charge in [0.1, 0.15) is 6.61 Å². The first kappa shape index (κ1) is 18.4. The fourth-order valence-corrected chi connectivity index (χ4v) is 1.99. The molecule has 0 heterocycles. The average molecular weight is 273 g/mol. The van der Waals surface area contributed by atoms with Gasteiger partial charge < -0.3 is 15.2 Å². The summed E-state index contributed by atoms with van der Waals surface area (Å²) >= 11 is 0. The minimum Gasteiger partial charge on any atom is -0.387 e. The predicted molar refractivity (Wildman–Crippen MR) is 78.1 cm³/mol. The number of ether oxygens (including phenoxy) is 1. The first-order valence-corrected chi connectivity index (χ1v) is 7.73. The average Bonchev–Trinajstić information content (AvgIpc) is 2.44. The van der Waals surface area contributed by atoms with Crippen LogP contribution >= 0.6 is 0 Å². The molecule has 0 aliphatic rings. The third-order valence-corrected chi connectivity index (χ3v) is 3.23. The minimum atomic E-state index is -0.434. The molecular formula is C15H31NO3. The SMILES string of the molecule is CCCCCCC[C@H](CC)OCCCNC(=O)CO. The Morgan fingerprint density at radius 2 is 1.89 bits per heavy atom. The standard InChI is InChI=1S/C15H31NO3/c1-3-5-6-7-8-10-14(4-2)19-12-9-11-16-15(18)13-17/h14,17H,3-13H2,1-2H3,(H,16,18)/t14-/m0/s1.